The summed E-state index contributed by atoms with van der Waals surface area (Å²) in [5.74, 6) is 3.86. The molecule has 1 saturated heterocycles. The van der Waals surface area contributed by atoms with Gasteiger partial charge >= 0.3 is 0 Å². The van der Waals surface area contributed by atoms with Crippen LogP contribution in [0.3, 0.4) is 0 Å². The van der Waals surface area contributed by atoms with Crippen molar-refractivity contribution < 1.29 is 0 Å². The van der Waals surface area contributed by atoms with Crippen LogP contribution in [0.2, 0.25) is 0 Å². The molecule has 5 aliphatic rings. The zero-order valence-corrected chi connectivity index (χ0v) is 21.6. The van der Waals surface area contributed by atoms with E-state index in [4.69, 9.17) is 4.99 Å². The molecule has 4 aliphatic carbocycles. The maximum Gasteiger partial charge on any atom is 0.207 e. The molecule has 0 radical (unpaired) electrons. The number of hydrogen-bond acceptors (Lipinski definition) is 1. The first-order valence-corrected chi connectivity index (χ1v) is 13.9. The number of rotatable bonds is 4. The topological polar surface area (TPSA) is 18.8 Å². The van der Waals surface area contributed by atoms with E-state index in [0.717, 1.165) is 35.9 Å². The molecule has 0 N–H and O–H groups in total. The summed E-state index contributed by atoms with van der Waals surface area (Å²) in [6.45, 7) is 5.33. The third-order valence-electron chi connectivity index (χ3n) is 9.46. The molecular formula is C33H37N3. The van der Waals surface area contributed by atoms with Gasteiger partial charge in [0.05, 0.1) is 11.7 Å². The van der Waals surface area contributed by atoms with Crippen molar-refractivity contribution in [2.45, 2.75) is 64.0 Å². The van der Waals surface area contributed by atoms with E-state index in [0.29, 0.717) is 0 Å². The van der Waals surface area contributed by atoms with Crippen LogP contribution >= 0.6 is 0 Å². The number of anilines is 1. The molecule has 184 valence electrons. The Morgan fingerprint density at radius 2 is 1.25 bits per heavy atom. The van der Waals surface area contributed by atoms with Crippen LogP contribution in [0.15, 0.2) is 83.9 Å². The van der Waals surface area contributed by atoms with Crippen molar-refractivity contribution in [3.05, 3.63) is 95.6 Å². The van der Waals surface area contributed by atoms with Gasteiger partial charge in [0.25, 0.3) is 0 Å². The zero-order chi connectivity index (χ0) is 24.3. The Balaban J connectivity index is 1.39. The van der Waals surface area contributed by atoms with Crippen molar-refractivity contribution in [2.24, 2.45) is 22.7 Å². The van der Waals surface area contributed by atoms with Crippen molar-refractivity contribution in [3.63, 3.8) is 0 Å². The maximum atomic E-state index is 5.46. The van der Waals surface area contributed by atoms with Gasteiger partial charge in [-0.05, 0) is 100.0 Å². The molecule has 3 aromatic rings. The molecule has 1 atom stereocenters. The Bertz CT molecular complexity index is 1220. The van der Waals surface area contributed by atoms with Crippen LogP contribution in [-0.2, 0) is 0 Å². The highest BCUT2D eigenvalue weighted by atomic mass is 15.5. The van der Waals surface area contributed by atoms with E-state index in [1.54, 1.807) is 0 Å². The monoisotopic (exact) mass is 475 g/mol. The number of guanidine groups is 1. The summed E-state index contributed by atoms with van der Waals surface area (Å²) in [4.78, 5) is 10.8. The van der Waals surface area contributed by atoms with Gasteiger partial charge in [-0.2, -0.15) is 0 Å². The zero-order valence-electron chi connectivity index (χ0n) is 21.6. The predicted octanol–water partition coefficient (Wildman–Crippen LogP) is 7.82. The molecule has 3 aromatic carbocycles. The lowest BCUT2D eigenvalue weighted by molar-refractivity contribution is -0.0597. The number of nitrogens with zero attached hydrogens (tertiary/aromatic N) is 3. The van der Waals surface area contributed by atoms with Gasteiger partial charge < -0.3 is 9.80 Å². The second-order valence-corrected chi connectivity index (χ2v) is 12.1. The SMILES string of the molecule is Cc1ccc(N=C2N(c3ccc(C)cc3)[C@@H](c3ccccc3)CN2C23CC4CC(CC(C4)C2)C3)cc1. The Morgan fingerprint density at radius 3 is 1.83 bits per heavy atom. The van der Waals surface area contributed by atoms with Crippen LogP contribution in [0.1, 0.15) is 61.3 Å². The van der Waals surface area contributed by atoms with E-state index in [-0.39, 0.29) is 11.6 Å². The Hall–Kier alpha value is -3.07. The fourth-order valence-corrected chi connectivity index (χ4v) is 8.19. The van der Waals surface area contributed by atoms with Crippen molar-refractivity contribution in [3.8, 4) is 0 Å². The van der Waals surface area contributed by atoms with Gasteiger partial charge in [-0.3, -0.25) is 0 Å². The normalized spacial score (nSPS) is 32.0. The van der Waals surface area contributed by atoms with Crippen molar-refractivity contribution in [2.75, 3.05) is 11.4 Å². The molecule has 0 spiro atoms. The van der Waals surface area contributed by atoms with Gasteiger partial charge in [0.2, 0.25) is 5.96 Å². The Morgan fingerprint density at radius 1 is 0.694 bits per heavy atom. The van der Waals surface area contributed by atoms with Gasteiger partial charge in [-0.15, -0.1) is 0 Å². The lowest BCUT2D eigenvalue weighted by atomic mass is 9.52. The van der Waals surface area contributed by atoms with Gasteiger partial charge in [-0.25, -0.2) is 4.99 Å². The average molecular weight is 476 g/mol. The largest absolute Gasteiger partial charge is 0.334 e. The molecule has 0 amide bonds. The second-order valence-electron chi connectivity index (χ2n) is 12.1. The minimum atomic E-state index is 0.255. The molecular weight excluding hydrogens is 438 g/mol. The molecule has 1 heterocycles. The molecule has 8 rings (SSSR count). The molecule has 3 nitrogen and oxygen atoms in total. The number of aryl methyl sites for hydroxylation is 2. The van der Waals surface area contributed by atoms with E-state index in [1.807, 2.05) is 0 Å². The molecule has 1 aliphatic heterocycles. The molecule has 4 bridgehead atoms. The molecule has 36 heavy (non-hydrogen) atoms. The molecule has 0 unspecified atom stereocenters. The van der Waals surface area contributed by atoms with Crippen LogP contribution < -0.4 is 4.90 Å². The van der Waals surface area contributed by atoms with Crippen LogP contribution in [0, 0.1) is 31.6 Å². The summed E-state index contributed by atoms with van der Waals surface area (Å²) >= 11 is 0. The quantitative estimate of drug-likeness (QED) is 0.383. The third kappa shape index (κ3) is 3.75. The van der Waals surface area contributed by atoms with Gasteiger partial charge in [-0.1, -0.05) is 65.7 Å². The highest BCUT2D eigenvalue weighted by molar-refractivity contribution is 6.01. The smallest absolute Gasteiger partial charge is 0.207 e. The minimum absolute atomic E-state index is 0.255. The lowest BCUT2D eigenvalue weighted by Crippen LogP contribution is -2.61. The fourth-order valence-electron chi connectivity index (χ4n) is 8.19. The number of aliphatic imine (C=N–C) groups is 1. The maximum absolute atomic E-state index is 5.46. The van der Waals surface area contributed by atoms with E-state index in [9.17, 15) is 0 Å². The van der Waals surface area contributed by atoms with Crippen LogP contribution in [-0.4, -0.2) is 22.9 Å². The number of hydrogen-bond donors (Lipinski definition) is 0. The highest BCUT2D eigenvalue weighted by Crippen LogP contribution is 2.59. The van der Waals surface area contributed by atoms with Crippen molar-refractivity contribution in [1.29, 1.82) is 0 Å². The molecule has 3 heteroatoms. The summed E-state index contributed by atoms with van der Waals surface area (Å²) in [7, 11) is 0. The van der Waals surface area contributed by atoms with Crippen molar-refractivity contribution in [1.82, 2.24) is 4.90 Å². The van der Waals surface area contributed by atoms with Crippen LogP contribution in [0.25, 0.3) is 0 Å². The summed E-state index contributed by atoms with van der Waals surface area (Å²) in [6.07, 6.45) is 8.41. The summed E-state index contributed by atoms with van der Waals surface area (Å²) in [5.41, 5.74) is 6.50. The van der Waals surface area contributed by atoms with E-state index in [2.05, 4.69) is 103 Å². The molecule has 5 fully saturated rings. The fraction of sp³-hybridized carbons (Fsp3) is 0.424. The predicted molar refractivity (Wildman–Crippen MR) is 149 cm³/mol. The van der Waals surface area contributed by atoms with Crippen LogP contribution in [0.5, 0.6) is 0 Å². The average Bonchev–Trinajstić information content (AvgIpc) is 3.26. The minimum Gasteiger partial charge on any atom is -0.334 e. The van der Waals surface area contributed by atoms with E-state index >= 15 is 0 Å². The Kier molecular flexibility index (Phi) is 5.23. The highest BCUT2D eigenvalue weighted by Gasteiger charge is 2.57. The first kappa shape index (κ1) is 22.2. The van der Waals surface area contributed by atoms with Gasteiger partial charge in [0.1, 0.15) is 0 Å². The summed E-state index contributed by atoms with van der Waals surface area (Å²) < 4.78 is 0. The third-order valence-corrected chi connectivity index (χ3v) is 9.46. The standard InChI is InChI=1S/C33H37N3/c1-23-8-12-29(13-9-23)34-32-35(33-19-25-16-26(20-33)18-27(17-25)21-33)22-31(28-6-4-3-5-7-28)36(32)30-14-10-24(2)11-15-30/h3-15,25-27,31H,16-22H2,1-2H3/t25?,26?,27?,31-,33?/m1/s1. The molecule has 4 saturated carbocycles. The van der Waals surface area contributed by atoms with E-state index < -0.39 is 0 Å². The summed E-state index contributed by atoms with van der Waals surface area (Å²) in [6, 6.07) is 29.2. The van der Waals surface area contributed by atoms with Crippen LogP contribution in [0.4, 0.5) is 11.4 Å². The van der Waals surface area contributed by atoms with Gasteiger partial charge in [0, 0.05) is 17.8 Å². The first-order valence-electron chi connectivity index (χ1n) is 13.9. The summed E-state index contributed by atoms with van der Waals surface area (Å²) in [5, 5.41) is 0. The second kappa shape index (κ2) is 8.50. The van der Waals surface area contributed by atoms with Crippen molar-refractivity contribution >= 4 is 17.3 Å². The Labute approximate surface area is 215 Å². The number of benzene rings is 3. The first-order chi connectivity index (χ1) is 17.6. The van der Waals surface area contributed by atoms with Gasteiger partial charge in [0.15, 0.2) is 0 Å². The van der Waals surface area contributed by atoms with E-state index in [1.165, 1.54) is 60.9 Å². The lowest BCUT2D eigenvalue weighted by Gasteiger charge is -2.60. The molecule has 0 aromatic heterocycles.